The molecule has 6 heteroatoms. The Hall–Kier alpha value is -1.50. The molecular formula is C10H14N2O4. The summed E-state index contributed by atoms with van der Waals surface area (Å²) in [6.45, 7) is 0.212. The molecule has 1 unspecified atom stereocenters. The van der Waals surface area contributed by atoms with Gasteiger partial charge in [-0.05, 0) is 5.56 Å². The Labute approximate surface area is 92.7 Å². The fraction of sp³-hybridized carbons (Fsp3) is 0.400. The lowest BCUT2D eigenvalue weighted by molar-refractivity contribution is -0.384. The third-order valence-electron chi connectivity index (χ3n) is 2.19. The average Bonchev–Trinajstić information content (AvgIpc) is 2.30. The van der Waals surface area contributed by atoms with Crippen molar-refractivity contribution in [2.24, 2.45) is 0 Å². The molecule has 1 aromatic rings. The van der Waals surface area contributed by atoms with Crippen LogP contribution in [0.15, 0.2) is 24.3 Å². The molecule has 0 amide bonds. The summed E-state index contributed by atoms with van der Waals surface area (Å²) < 4.78 is 0. The Morgan fingerprint density at radius 2 is 1.94 bits per heavy atom. The molecule has 0 spiro atoms. The number of nitro groups is 1. The van der Waals surface area contributed by atoms with Crippen LogP contribution in [0.3, 0.4) is 0 Å². The monoisotopic (exact) mass is 226 g/mol. The van der Waals surface area contributed by atoms with E-state index in [4.69, 9.17) is 10.2 Å². The molecule has 16 heavy (non-hydrogen) atoms. The van der Waals surface area contributed by atoms with Crippen molar-refractivity contribution in [1.82, 2.24) is 5.32 Å². The third-order valence-corrected chi connectivity index (χ3v) is 2.19. The fourth-order valence-corrected chi connectivity index (χ4v) is 1.35. The maximum absolute atomic E-state index is 10.4. The molecule has 0 bridgehead atoms. The first-order valence-electron chi connectivity index (χ1n) is 4.88. The van der Waals surface area contributed by atoms with Crippen molar-refractivity contribution in [2.45, 2.75) is 6.04 Å². The summed E-state index contributed by atoms with van der Waals surface area (Å²) in [5, 5.41) is 31.1. The number of hydrogen-bond donors (Lipinski definition) is 3. The highest BCUT2D eigenvalue weighted by atomic mass is 16.6. The molecule has 0 aliphatic carbocycles. The average molecular weight is 226 g/mol. The Morgan fingerprint density at radius 1 is 1.31 bits per heavy atom. The summed E-state index contributed by atoms with van der Waals surface area (Å²) >= 11 is 0. The van der Waals surface area contributed by atoms with Crippen molar-refractivity contribution in [3.05, 3.63) is 39.9 Å². The van der Waals surface area contributed by atoms with E-state index in [0.717, 1.165) is 5.56 Å². The lowest BCUT2D eigenvalue weighted by atomic mass is 10.1. The number of non-ortho nitro benzene ring substituents is 1. The van der Waals surface area contributed by atoms with Gasteiger partial charge in [-0.1, -0.05) is 12.1 Å². The molecule has 1 atom stereocenters. The van der Waals surface area contributed by atoms with E-state index < -0.39 is 4.92 Å². The highest BCUT2D eigenvalue weighted by Gasteiger charge is 2.11. The van der Waals surface area contributed by atoms with Gasteiger partial charge < -0.3 is 15.5 Å². The van der Waals surface area contributed by atoms with Crippen LogP contribution in [-0.2, 0) is 0 Å². The number of nitrogens with zero attached hydrogens (tertiary/aromatic N) is 1. The first-order chi connectivity index (χ1) is 7.69. The number of benzene rings is 1. The molecule has 0 saturated heterocycles. The lowest BCUT2D eigenvalue weighted by Gasteiger charge is -2.15. The van der Waals surface area contributed by atoms with Crippen molar-refractivity contribution in [2.75, 3.05) is 19.8 Å². The molecule has 0 heterocycles. The number of nitrogens with one attached hydrogen (secondary N) is 1. The van der Waals surface area contributed by atoms with Gasteiger partial charge in [-0.3, -0.25) is 10.1 Å². The Kier molecular flexibility index (Phi) is 4.84. The largest absolute Gasteiger partial charge is 0.395 e. The van der Waals surface area contributed by atoms with Crippen molar-refractivity contribution < 1.29 is 15.1 Å². The van der Waals surface area contributed by atoms with Gasteiger partial charge in [0.2, 0.25) is 0 Å². The molecule has 0 saturated carbocycles. The van der Waals surface area contributed by atoms with Crippen LogP contribution in [0.1, 0.15) is 11.6 Å². The summed E-state index contributed by atoms with van der Waals surface area (Å²) in [5.74, 6) is 0. The molecule has 88 valence electrons. The predicted molar refractivity (Wildman–Crippen MR) is 58.0 cm³/mol. The molecule has 0 radical (unpaired) electrons. The smallest absolute Gasteiger partial charge is 0.269 e. The zero-order chi connectivity index (χ0) is 12.0. The number of hydrogen-bond acceptors (Lipinski definition) is 5. The minimum absolute atomic E-state index is 0.0163. The van der Waals surface area contributed by atoms with Crippen LogP contribution in [0.25, 0.3) is 0 Å². The highest BCUT2D eigenvalue weighted by Crippen LogP contribution is 2.17. The van der Waals surface area contributed by atoms with E-state index in [-0.39, 0.29) is 24.9 Å². The minimum Gasteiger partial charge on any atom is -0.395 e. The minimum atomic E-state index is -0.473. The molecule has 0 aliphatic heterocycles. The molecule has 0 fully saturated rings. The van der Waals surface area contributed by atoms with Gasteiger partial charge in [0, 0.05) is 18.7 Å². The third kappa shape index (κ3) is 3.27. The van der Waals surface area contributed by atoms with E-state index in [1.54, 1.807) is 12.1 Å². The second-order valence-corrected chi connectivity index (χ2v) is 3.26. The van der Waals surface area contributed by atoms with Crippen LogP contribution >= 0.6 is 0 Å². The lowest BCUT2D eigenvalue weighted by Crippen LogP contribution is -2.27. The number of rotatable bonds is 6. The normalized spacial score (nSPS) is 12.4. The highest BCUT2D eigenvalue weighted by molar-refractivity contribution is 5.34. The van der Waals surface area contributed by atoms with Gasteiger partial charge in [0.25, 0.3) is 5.69 Å². The van der Waals surface area contributed by atoms with Crippen LogP contribution in [0.4, 0.5) is 5.69 Å². The van der Waals surface area contributed by atoms with E-state index in [1.165, 1.54) is 12.1 Å². The molecule has 3 N–H and O–H groups in total. The van der Waals surface area contributed by atoms with Gasteiger partial charge in [-0.25, -0.2) is 0 Å². The van der Waals surface area contributed by atoms with Crippen molar-refractivity contribution in [3.63, 3.8) is 0 Å². The van der Waals surface area contributed by atoms with E-state index >= 15 is 0 Å². The predicted octanol–water partition coefficient (Wildman–Crippen LogP) is 0.210. The van der Waals surface area contributed by atoms with Crippen molar-refractivity contribution >= 4 is 5.69 Å². The molecule has 1 rings (SSSR count). The second kappa shape index (κ2) is 6.16. The standard InChI is InChI=1S/C10H14N2O4/c13-6-5-11-10(7-14)8-1-3-9(4-2-8)12(15)16/h1-4,10-11,13-14H,5-7H2. The summed E-state index contributed by atoms with van der Waals surface area (Å²) in [7, 11) is 0. The summed E-state index contributed by atoms with van der Waals surface area (Å²) in [6, 6.07) is 5.64. The maximum atomic E-state index is 10.4. The first-order valence-corrected chi connectivity index (χ1v) is 4.88. The van der Waals surface area contributed by atoms with Crippen LogP contribution in [0.2, 0.25) is 0 Å². The Bertz CT molecular complexity index is 339. The molecular weight excluding hydrogens is 212 g/mol. The van der Waals surface area contributed by atoms with Gasteiger partial charge in [-0.2, -0.15) is 0 Å². The van der Waals surface area contributed by atoms with Gasteiger partial charge in [0.05, 0.1) is 24.2 Å². The van der Waals surface area contributed by atoms with Crippen molar-refractivity contribution in [3.8, 4) is 0 Å². The molecule has 0 aliphatic rings. The fourth-order valence-electron chi connectivity index (χ4n) is 1.35. The summed E-state index contributed by atoms with van der Waals surface area (Å²) in [6.07, 6.45) is 0. The Balaban J connectivity index is 2.74. The molecule has 6 nitrogen and oxygen atoms in total. The number of nitro benzene ring substituents is 1. The van der Waals surface area contributed by atoms with E-state index in [9.17, 15) is 10.1 Å². The number of aliphatic hydroxyl groups excluding tert-OH is 2. The Morgan fingerprint density at radius 3 is 2.38 bits per heavy atom. The van der Waals surface area contributed by atoms with Gasteiger partial charge >= 0.3 is 0 Å². The number of aliphatic hydroxyl groups is 2. The zero-order valence-electron chi connectivity index (χ0n) is 8.67. The quantitative estimate of drug-likeness (QED) is 0.476. The van der Waals surface area contributed by atoms with Gasteiger partial charge in [-0.15, -0.1) is 0 Å². The van der Waals surface area contributed by atoms with E-state index in [0.29, 0.717) is 6.54 Å². The molecule has 0 aromatic heterocycles. The maximum Gasteiger partial charge on any atom is 0.269 e. The van der Waals surface area contributed by atoms with Gasteiger partial charge in [0.1, 0.15) is 0 Å². The van der Waals surface area contributed by atoms with Crippen LogP contribution in [0.5, 0.6) is 0 Å². The summed E-state index contributed by atoms with van der Waals surface area (Å²) in [5.41, 5.74) is 0.768. The molecule has 1 aromatic carbocycles. The van der Waals surface area contributed by atoms with Crippen LogP contribution in [0, 0.1) is 10.1 Å². The zero-order valence-corrected chi connectivity index (χ0v) is 8.67. The van der Waals surface area contributed by atoms with E-state index in [1.807, 2.05) is 0 Å². The van der Waals surface area contributed by atoms with Gasteiger partial charge in [0.15, 0.2) is 0 Å². The first kappa shape index (κ1) is 12.6. The van der Waals surface area contributed by atoms with Crippen LogP contribution < -0.4 is 5.32 Å². The van der Waals surface area contributed by atoms with Crippen molar-refractivity contribution in [1.29, 1.82) is 0 Å². The van der Waals surface area contributed by atoms with E-state index in [2.05, 4.69) is 5.32 Å². The van der Waals surface area contributed by atoms with Crippen LogP contribution in [-0.4, -0.2) is 34.9 Å². The SMILES string of the molecule is O=[N+]([O-])c1ccc(C(CO)NCCO)cc1. The topological polar surface area (TPSA) is 95.6 Å². The summed E-state index contributed by atoms with van der Waals surface area (Å²) in [4.78, 5) is 9.96. The second-order valence-electron chi connectivity index (χ2n) is 3.26.